The molecule has 2 fully saturated rings. The summed E-state index contributed by atoms with van der Waals surface area (Å²) < 4.78 is 28.5. The Bertz CT molecular complexity index is 612. The highest BCUT2D eigenvalue weighted by Gasteiger charge is 2.24. The predicted octanol–water partition coefficient (Wildman–Crippen LogP) is 0.624. The van der Waals surface area contributed by atoms with Crippen LogP contribution >= 0.6 is 0 Å². The van der Waals surface area contributed by atoms with Gasteiger partial charge in [0, 0.05) is 32.1 Å². The molecule has 128 valence electrons. The topological polar surface area (TPSA) is 79.5 Å². The number of hydrogen-bond donors (Lipinski definition) is 3. The lowest BCUT2D eigenvalue weighted by Gasteiger charge is -2.33. The second-order valence-corrected chi connectivity index (χ2v) is 8.42. The average molecular weight is 339 g/mol. The quantitative estimate of drug-likeness (QED) is 0.730. The van der Waals surface area contributed by atoms with Crippen molar-refractivity contribution in [3.8, 4) is 0 Å². The fourth-order valence-corrected chi connectivity index (χ4v) is 3.75. The maximum atomic E-state index is 11.5. The first-order valence-electron chi connectivity index (χ1n) is 8.10. The smallest absolute Gasteiger partial charge is 0.175 e. The summed E-state index contributed by atoms with van der Waals surface area (Å²) in [6, 6.07) is 7.41. The summed E-state index contributed by atoms with van der Waals surface area (Å²) in [7, 11) is -3.14. The van der Waals surface area contributed by atoms with Crippen LogP contribution in [-0.4, -0.2) is 47.3 Å². The van der Waals surface area contributed by atoms with Gasteiger partial charge in [-0.2, -0.15) is 0 Å². The van der Waals surface area contributed by atoms with E-state index in [0.29, 0.717) is 10.8 Å². The summed E-state index contributed by atoms with van der Waals surface area (Å²) in [4.78, 5) is 0.367. The maximum absolute atomic E-state index is 11.5. The summed E-state index contributed by atoms with van der Waals surface area (Å²) >= 11 is 0. The van der Waals surface area contributed by atoms with E-state index in [1.807, 2.05) is 12.1 Å². The van der Waals surface area contributed by atoms with Crippen LogP contribution in [0.15, 0.2) is 29.2 Å². The fraction of sp³-hybridized carbons (Fsp3) is 0.625. The van der Waals surface area contributed by atoms with Crippen LogP contribution in [-0.2, 0) is 14.6 Å². The van der Waals surface area contributed by atoms with Crippen molar-refractivity contribution < 1.29 is 13.2 Å². The van der Waals surface area contributed by atoms with Gasteiger partial charge in [-0.05, 0) is 36.5 Å². The molecule has 3 atom stereocenters. The van der Waals surface area contributed by atoms with Gasteiger partial charge in [-0.15, -0.1) is 0 Å². The first kappa shape index (κ1) is 16.9. The summed E-state index contributed by atoms with van der Waals surface area (Å²) in [5, 5.41) is 10.4. The summed E-state index contributed by atoms with van der Waals surface area (Å²) in [6.45, 7) is 3.43. The molecule has 2 heterocycles. The lowest BCUT2D eigenvalue weighted by atomic mass is 10.0. The van der Waals surface area contributed by atoms with Gasteiger partial charge >= 0.3 is 0 Å². The highest BCUT2D eigenvalue weighted by Crippen LogP contribution is 2.22. The van der Waals surface area contributed by atoms with Crippen LogP contribution in [0.2, 0.25) is 0 Å². The van der Waals surface area contributed by atoms with Crippen molar-refractivity contribution in [2.24, 2.45) is 5.92 Å². The molecule has 3 rings (SSSR count). The lowest BCUT2D eigenvalue weighted by molar-refractivity contribution is 0.182. The Morgan fingerprint density at radius 3 is 2.70 bits per heavy atom. The number of hydrogen-bond acceptors (Lipinski definition) is 6. The van der Waals surface area contributed by atoms with Crippen molar-refractivity contribution in [3.05, 3.63) is 29.8 Å². The monoisotopic (exact) mass is 339 g/mol. The first-order chi connectivity index (χ1) is 11.0. The zero-order valence-corrected chi connectivity index (χ0v) is 14.2. The third kappa shape index (κ3) is 4.51. The molecule has 0 aliphatic carbocycles. The van der Waals surface area contributed by atoms with Crippen LogP contribution in [0.1, 0.15) is 24.4 Å². The molecule has 0 radical (unpaired) electrons. The van der Waals surface area contributed by atoms with Crippen LogP contribution in [0.3, 0.4) is 0 Å². The van der Waals surface area contributed by atoms with Gasteiger partial charge in [0.15, 0.2) is 9.84 Å². The van der Waals surface area contributed by atoms with Gasteiger partial charge in [-0.25, -0.2) is 8.42 Å². The Balaban J connectivity index is 1.57. The van der Waals surface area contributed by atoms with Gasteiger partial charge in [0.2, 0.25) is 0 Å². The molecule has 0 saturated carbocycles. The average Bonchev–Trinajstić information content (AvgIpc) is 3.06. The Labute approximate surface area is 137 Å². The first-order valence-corrected chi connectivity index (χ1v) is 9.99. The van der Waals surface area contributed by atoms with Crippen molar-refractivity contribution in [3.63, 3.8) is 0 Å². The van der Waals surface area contributed by atoms with E-state index in [4.69, 9.17) is 4.74 Å². The van der Waals surface area contributed by atoms with Crippen molar-refractivity contribution >= 4 is 9.84 Å². The molecule has 3 N–H and O–H groups in total. The number of nitrogens with one attached hydrogen (secondary N) is 3. The summed E-state index contributed by atoms with van der Waals surface area (Å²) in [6.07, 6.45) is 3.55. The van der Waals surface area contributed by atoms with E-state index >= 15 is 0 Å². The molecule has 7 heteroatoms. The van der Waals surface area contributed by atoms with E-state index in [-0.39, 0.29) is 12.2 Å². The SMILES string of the molecule is CS(=O)(=O)c1ccc(C2CC(NCC3CCOC3)NCN2)cc1. The van der Waals surface area contributed by atoms with Crippen molar-refractivity contribution in [2.45, 2.75) is 29.9 Å². The van der Waals surface area contributed by atoms with Crippen LogP contribution in [0.25, 0.3) is 0 Å². The van der Waals surface area contributed by atoms with Crippen LogP contribution in [0, 0.1) is 5.92 Å². The van der Waals surface area contributed by atoms with E-state index < -0.39 is 9.84 Å². The van der Waals surface area contributed by atoms with Gasteiger partial charge in [0.25, 0.3) is 0 Å². The lowest BCUT2D eigenvalue weighted by Crippen LogP contribution is -2.54. The minimum Gasteiger partial charge on any atom is -0.381 e. The molecule has 0 amide bonds. The predicted molar refractivity (Wildman–Crippen MR) is 88.8 cm³/mol. The van der Waals surface area contributed by atoms with E-state index in [2.05, 4.69) is 16.0 Å². The van der Waals surface area contributed by atoms with Gasteiger partial charge in [0.05, 0.1) is 17.7 Å². The van der Waals surface area contributed by atoms with Crippen molar-refractivity contribution in [1.29, 1.82) is 0 Å². The Kier molecular flexibility index (Phi) is 5.33. The van der Waals surface area contributed by atoms with Crippen LogP contribution < -0.4 is 16.0 Å². The third-order valence-corrected chi connectivity index (χ3v) is 5.68. The molecule has 6 nitrogen and oxygen atoms in total. The molecule has 2 aliphatic rings. The minimum absolute atomic E-state index is 0.224. The molecule has 0 aromatic heterocycles. The fourth-order valence-electron chi connectivity index (χ4n) is 3.12. The van der Waals surface area contributed by atoms with E-state index in [1.165, 1.54) is 6.26 Å². The highest BCUT2D eigenvalue weighted by atomic mass is 32.2. The zero-order chi connectivity index (χ0) is 16.3. The van der Waals surface area contributed by atoms with Gasteiger partial charge in [0.1, 0.15) is 0 Å². The van der Waals surface area contributed by atoms with Gasteiger partial charge in [-0.1, -0.05) is 12.1 Å². The molecule has 1 aromatic rings. The third-order valence-electron chi connectivity index (χ3n) is 4.56. The number of benzene rings is 1. The van der Waals surface area contributed by atoms with Crippen molar-refractivity contribution in [1.82, 2.24) is 16.0 Å². The number of sulfone groups is 1. The molecule has 2 aliphatic heterocycles. The molecular weight excluding hydrogens is 314 g/mol. The second-order valence-electron chi connectivity index (χ2n) is 6.40. The van der Waals surface area contributed by atoms with Crippen LogP contribution in [0.5, 0.6) is 0 Å². The largest absolute Gasteiger partial charge is 0.381 e. The Morgan fingerprint density at radius 2 is 2.04 bits per heavy atom. The molecule has 0 spiro atoms. The normalized spacial score (nSPS) is 28.8. The van der Waals surface area contributed by atoms with Crippen LogP contribution in [0.4, 0.5) is 0 Å². The van der Waals surface area contributed by atoms with Crippen molar-refractivity contribution in [2.75, 3.05) is 32.7 Å². The van der Waals surface area contributed by atoms with E-state index in [9.17, 15) is 8.42 Å². The second kappa shape index (κ2) is 7.27. The standard InChI is InChI=1S/C16H25N3O3S/c1-23(20,21)14-4-2-13(3-5-14)15-8-16(19-11-18-15)17-9-12-6-7-22-10-12/h2-5,12,15-19H,6-11H2,1H3. The Hall–Kier alpha value is -0.990. The maximum Gasteiger partial charge on any atom is 0.175 e. The molecule has 0 bridgehead atoms. The van der Waals surface area contributed by atoms with E-state index in [1.54, 1.807) is 12.1 Å². The van der Waals surface area contributed by atoms with E-state index in [0.717, 1.165) is 44.8 Å². The molecular formula is C16H25N3O3S. The van der Waals surface area contributed by atoms with Gasteiger partial charge in [-0.3, -0.25) is 10.6 Å². The molecule has 1 aromatic carbocycles. The molecule has 2 saturated heterocycles. The minimum atomic E-state index is -3.14. The number of ether oxygens (including phenoxy) is 1. The highest BCUT2D eigenvalue weighted by molar-refractivity contribution is 7.90. The summed E-state index contributed by atoms with van der Waals surface area (Å²) in [5.41, 5.74) is 1.12. The summed E-state index contributed by atoms with van der Waals surface area (Å²) in [5.74, 6) is 0.610. The zero-order valence-electron chi connectivity index (χ0n) is 13.4. The number of rotatable bonds is 5. The van der Waals surface area contributed by atoms with Gasteiger partial charge < -0.3 is 10.1 Å². The molecule has 3 unspecified atom stereocenters. The Morgan fingerprint density at radius 1 is 1.26 bits per heavy atom. The molecule has 23 heavy (non-hydrogen) atoms.